The van der Waals surface area contributed by atoms with Crippen molar-refractivity contribution in [2.45, 2.75) is 16.7 Å². The third-order valence-corrected chi connectivity index (χ3v) is 4.35. The molecule has 0 bridgehead atoms. The summed E-state index contributed by atoms with van der Waals surface area (Å²) in [6.45, 7) is 1.78. The van der Waals surface area contributed by atoms with Gasteiger partial charge >= 0.3 is 0 Å². The maximum atomic E-state index is 12.6. The highest BCUT2D eigenvalue weighted by molar-refractivity contribution is 7.80. The van der Waals surface area contributed by atoms with E-state index in [9.17, 15) is 4.79 Å². The number of aryl methyl sites for hydroxylation is 1. The van der Waals surface area contributed by atoms with Crippen LogP contribution in [0.3, 0.4) is 0 Å². The van der Waals surface area contributed by atoms with Gasteiger partial charge in [0.1, 0.15) is 5.69 Å². The minimum atomic E-state index is -0.265. The summed E-state index contributed by atoms with van der Waals surface area (Å²) in [5, 5.41) is 14.4. The molecule has 0 atom stereocenters. The minimum absolute atomic E-state index is 0.262. The molecule has 0 aliphatic carbocycles. The summed E-state index contributed by atoms with van der Waals surface area (Å²) in [6.07, 6.45) is 0. The van der Waals surface area contributed by atoms with Crippen molar-refractivity contribution in [3.05, 3.63) is 58.5 Å². The first-order valence-electron chi connectivity index (χ1n) is 7.53. The SMILES string of the molecule is CNc1ccc(S)c(N=Nc2c(C)[nH]n(-c3ccc(S)cc3)c2=O)c1. The molecule has 3 aromatic rings. The Kier molecular flexibility index (Phi) is 5.00. The Hall–Kier alpha value is -2.45. The van der Waals surface area contributed by atoms with Crippen molar-refractivity contribution in [2.24, 2.45) is 10.2 Å². The van der Waals surface area contributed by atoms with E-state index < -0.39 is 0 Å². The maximum absolute atomic E-state index is 12.6. The summed E-state index contributed by atoms with van der Waals surface area (Å²) >= 11 is 8.63. The van der Waals surface area contributed by atoms with E-state index in [4.69, 9.17) is 0 Å². The molecule has 6 nitrogen and oxygen atoms in total. The molecular formula is C17H17N5OS2. The number of hydrogen-bond donors (Lipinski definition) is 4. The first-order valence-corrected chi connectivity index (χ1v) is 8.42. The van der Waals surface area contributed by atoms with Gasteiger partial charge in [-0.05, 0) is 49.4 Å². The lowest BCUT2D eigenvalue weighted by atomic mass is 10.3. The second-order valence-electron chi connectivity index (χ2n) is 5.40. The van der Waals surface area contributed by atoms with Crippen molar-refractivity contribution in [3.63, 3.8) is 0 Å². The molecule has 0 saturated heterocycles. The summed E-state index contributed by atoms with van der Waals surface area (Å²) in [7, 11) is 1.82. The molecule has 1 heterocycles. The van der Waals surface area contributed by atoms with E-state index >= 15 is 0 Å². The van der Waals surface area contributed by atoms with E-state index in [0.717, 1.165) is 10.6 Å². The number of rotatable bonds is 4. The molecule has 0 spiro atoms. The minimum Gasteiger partial charge on any atom is -0.388 e. The van der Waals surface area contributed by atoms with Crippen LogP contribution in [0.4, 0.5) is 17.1 Å². The van der Waals surface area contributed by atoms with Gasteiger partial charge in [0.15, 0.2) is 5.69 Å². The smallest absolute Gasteiger partial charge is 0.299 e. The molecule has 0 fully saturated rings. The second kappa shape index (κ2) is 7.20. The van der Waals surface area contributed by atoms with Gasteiger partial charge in [-0.2, -0.15) is 0 Å². The zero-order valence-electron chi connectivity index (χ0n) is 13.7. The van der Waals surface area contributed by atoms with Crippen LogP contribution in [0.2, 0.25) is 0 Å². The van der Waals surface area contributed by atoms with E-state index in [1.807, 2.05) is 49.5 Å². The fraction of sp³-hybridized carbons (Fsp3) is 0.118. The van der Waals surface area contributed by atoms with Crippen molar-refractivity contribution in [3.8, 4) is 5.69 Å². The lowest BCUT2D eigenvalue weighted by Gasteiger charge is -2.02. The van der Waals surface area contributed by atoms with Crippen LogP contribution in [0.15, 0.2) is 67.3 Å². The van der Waals surface area contributed by atoms with Crippen molar-refractivity contribution >= 4 is 42.3 Å². The molecule has 0 radical (unpaired) electrons. The summed E-state index contributed by atoms with van der Waals surface area (Å²) in [6, 6.07) is 12.8. The Balaban J connectivity index is 1.99. The normalized spacial score (nSPS) is 11.2. The van der Waals surface area contributed by atoms with Crippen LogP contribution in [0, 0.1) is 6.92 Å². The van der Waals surface area contributed by atoms with Crippen LogP contribution in [-0.2, 0) is 0 Å². The number of aromatic amines is 1. The Bertz CT molecular complexity index is 989. The number of anilines is 1. The first kappa shape index (κ1) is 17.4. The molecular weight excluding hydrogens is 354 g/mol. The van der Waals surface area contributed by atoms with Gasteiger partial charge in [0.05, 0.1) is 11.4 Å². The predicted molar refractivity (Wildman–Crippen MR) is 106 cm³/mol. The third-order valence-electron chi connectivity index (χ3n) is 3.67. The lowest BCUT2D eigenvalue weighted by molar-refractivity contribution is 0.834. The van der Waals surface area contributed by atoms with Gasteiger partial charge in [0, 0.05) is 22.5 Å². The standard InChI is InChI=1S/C17H17N5OS2/c1-10-16(20-19-14-9-11(18-2)3-8-15(14)25)17(23)22(21-10)12-4-6-13(24)7-5-12/h3-9,18,21,24-25H,1-2H3. The van der Waals surface area contributed by atoms with Crippen LogP contribution < -0.4 is 10.9 Å². The number of nitrogens with zero attached hydrogens (tertiary/aromatic N) is 3. The molecule has 128 valence electrons. The number of azo groups is 1. The number of aromatic nitrogens is 2. The van der Waals surface area contributed by atoms with Gasteiger partial charge < -0.3 is 5.32 Å². The zero-order chi connectivity index (χ0) is 18.0. The molecule has 2 aromatic carbocycles. The molecule has 25 heavy (non-hydrogen) atoms. The third kappa shape index (κ3) is 3.64. The monoisotopic (exact) mass is 371 g/mol. The van der Waals surface area contributed by atoms with Crippen molar-refractivity contribution in [1.82, 2.24) is 9.78 Å². The van der Waals surface area contributed by atoms with Crippen molar-refractivity contribution in [1.29, 1.82) is 0 Å². The van der Waals surface area contributed by atoms with Gasteiger partial charge in [-0.1, -0.05) is 0 Å². The van der Waals surface area contributed by atoms with Crippen LogP contribution in [0.1, 0.15) is 5.69 Å². The largest absolute Gasteiger partial charge is 0.388 e. The van der Waals surface area contributed by atoms with Crippen molar-refractivity contribution in [2.75, 3.05) is 12.4 Å². The maximum Gasteiger partial charge on any atom is 0.299 e. The predicted octanol–water partition coefficient (Wildman–Crippen LogP) is 4.51. The van der Waals surface area contributed by atoms with Crippen molar-refractivity contribution < 1.29 is 0 Å². The first-order chi connectivity index (χ1) is 12.0. The summed E-state index contributed by atoms with van der Waals surface area (Å²) in [4.78, 5) is 14.1. The topological polar surface area (TPSA) is 74.5 Å². The summed E-state index contributed by atoms with van der Waals surface area (Å²) in [5.41, 5.74) is 2.81. The molecule has 0 amide bonds. The van der Waals surface area contributed by atoms with Crippen LogP contribution in [0.25, 0.3) is 5.69 Å². The highest BCUT2D eigenvalue weighted by Crippen LogP contribution is 2.28. The number of hydrogen-bond acceptors (Lipinski definition) is 6. The Morgan fingerprint density at radius 3 is 2.48 bits per heavy atom. The van der Waals surface area contributed by atoms with Crippen LogP contribution in [-0.4, -0.2) is 16.8 Å². The van der Waals surface area contributed by atoms with E-state index in [0.29, 0.717) is 22.0 Å². The highest BCUT2D eigenvalue weighted by Gasteiger charge is 2.12. The van der Waals surface area contributed by atoms with E-state index in [1.54, 1.807) is 6.92 Å². The number of H-pyrrole nitrogens is 1. The number of nitrogens with one attached hydrogen (secondary N) is 2. The average molecular weight is 371 g/mol. The Labute approximate surface area is 155 Å². The van der Waals surface area contributed by atoms with Gasteiger partial charge in [0.2, 0.25) is 0 Å². The molecule has 8 heteroatoms. The Morgan fingerprint density at radius 2 is 1.80 bits per heavy atom. The quantitative estimate of drug-likeness (QED) is 0.402. The zero-order valence-corrected chi connectivity index (χ0v) is 15.5. The van der Waals surface area contributed by atoms with Gasteiger partial charge in [-0.3, -0.25) is 9.89 Å². The van der Waals surface area contributed by atoms with Gasteiger partial charge in [-0.15, -0.1) is 35.5 Å². The molecule has 2 N–H and O–H groups in total. The average Bonchev–Trinajstić information content (AvgIpc) is 2.89. The van der Waals surface area contributed by atoms with Gasteiger partial charge in [-0.25, -0.2) is 4.68 Å². The fourth-order valence-electron chi connectivity index (χ4n) is 2.30. The van der Waals surface area contributed by atoms with Crippen LogP contribution in [0.5, 0.6) is 0 Å². The summed E-state index contributed by atoms with van der Waals surface area (Å²) in [5.74, 6) is 0. The fourth-order valence-corrected chi connectivity index (χ4v) is 2.63. The van der Waals surface area contributed by atoms with Crippen LogP contribution >= 0.6 is 25.3 Å². The summed E-state index contributed by atoms with van der Waals surface area (Å²) < 4.78 is 1.43. The molecule has 1 aromatic heterocycles. The molecule has 0 aliphatic rings. The van der Waals surface area contributed by atoms with Gasteiger partial charge in [0.25, 0.3) is 5.56 Å². The van der Waals surface area contributed by atoms with E-state index in [1.165, 1.54) is 4.68 Å². The lowest BCUT2D eigenvalue weighted by Crippen LogP contribution is -2.13. The molecule has 0 aliphatic heterocycles. The molecule has 3 rings (SSSR count). The van der Waals surface area contributed by atoms with E-state index in [-0.39, 0.29) is 11.2 Å². The highest BCUT2D eigenvalue weighted by atomic mass is 32.1. The molecule has 0 saturated carbocycles. The Morgan fingerprint density at radius 1 is 1.08 bits per heavy atom. The second-order valence-corrected chi connectivity index (χ2v) is 6.39. The number of thiol groups is 2. The molecule has 0 unspecified atom stereocenters. The number of benzene rings is 2. The van der Waals surface area contributed by atoms with E-state index in [2.05, 4.69) is 45.9 Å².